The summed E-state index contributed by atoms with van der Waals surface area (Å²) in [7, 11) is 0. The van der Waals surface area contributed by atoms with Crippen LogP contribution in [0.4, 0.5) is 13.2 Å². The van der Waals surface area contributed by atoms with Gasteiger partial charge in [0.1, 0.15) is 0 Å². The number of nitrogens with zero attached hydrogens (tertiary/aromatic N) is 3. The molecule has 1 amide bonds. The molecule has 0 N–H and O–H groups in total. The maximum absolute atomic E-state index is 13.2. The van der Waals surface area contributed by atoms with Crippen LogP contribution >= 0.6 is 0 Å². The van der Waals surface area contributed by atoms with Gasteiger partial charge < -0.3 is 4.90 Å². The Kier molecular flexibility index (Phi) is 5.56. The lowest BCUT2D eigenvalue weighted by molar-refractivity contribution is -0.138. The third-order valence-electron chi connectivity index (χ3n) is 4.52. The van der Waals surface area contributed by atoms with Crippen molar-refractivity contribution in [3.8, 4) is 0 Å². The van der Waals surface area contributed by atoms with Crippen molar-refractivity contribution in [2.75, 3.05) is 19.6 Å². The Hall–Kier alpha value is -2.41. The topological polar surface area (TPSA) is 36.4 Å². The molecule has 0 unspecified atom stereocenters. The maximum atomic E-state index is 13.2. The molecule has 0 bridgehead atoms. The van der Waals surface area contributed by atoms with Crippen molar-refractivity contribution in [2.45, 2.75) is 25.7 Å². The molecule has 4 nitrogen and oxygen atoms in total. The van der Waals surface area contributed by atoms with E-state index in [-0.39, 0.29) is 18.0 Å². The molecule has 0 atom stereocenters. The molecule has 1 aliphatic heterocycles. The van der Waals surface area contributed by atoms with Crippen molar-refractivity contribution < 1.29 is 18.0 Å². The average Bonchev–Trinajstić information content (AvgIpc) is 2.78. The molecule has 3 rings (SSSR count). The molecule has 0 aliphatic carbocycles. The smallest absolute Gasteiger partial charge is 0.337 e. The zero-order valence-corrected chi connectivity index (χ0v) is 14.2. The van der Waals surface area contributed by atoms with Crippen LogP contribution in [0.2, 0.25) is 0 Å². The number of pyridine rings is 1. The third-order valence-corrected chi connectivity index (χ3v) is 4.52. The van der Waals surface area contributed by atoms with E-state index in [0.29, 0.717) is 32.6 Å². The van der Waals surface area contributed by atoms with Gasteiger partial charge in [-0.05, 0) is 29.3 Å². The summed E-state index contributed by atoms with van der Waals surface area (Å²) in [4.78, 5) is 20.0. The number of hydrogen-bond donors (Lipinski definition) is 0. The summed E-state index contributed by atoms with van der Waals surface area (Å²) < 4.78 is 39.5. The van der Waals surface area contributed by atoms with Gasteiger partial charge in [0, 0.05) is 51.5 Å². The van der Waals surface area contributed by atoms with Crippen LogP contribution in [-0.2, 0) is 24.1 Å². The first-order chi connectivity index (χ1) is 12.4. The molecular weight excluding hydrogens is 343 g/mol. The summed E-state index contributed by atoms with van der Waals surface area (Å²) in [5.41, 5.74) is 0.628. The Balaban J connectivity index is 1.67. The van der Waals surface area contributed by atoms with Gasteiger partial charge in [0.15, 0.2) is 0 Å². The van der Waals surface area contributed by atoms with E-state index in [9.17, 15) is 18.0 Å². The minimum atomic E-state index is -4.37. The highest BCUT2D eigenvalue weighted by Crippen LogP contribution is 2.32. The summed E-state index contributed by atoms with van der Waals surface area (Å²) in [6, 6.07) is 9.33. The largest absolute Gasteiger partial charge is 0.416 e. The van der Waals surface area contributed by atoms with Gasteiger partial charge >= 0.3 is 6.18 Å². The molecule has 1 aromatic carbocycles. The van der Waals surface area contributed by atoms with Gasteiger partial charge in [-0.25, -0.2) is 0 Å². The van der Waals surface area contributed by atoms with Crippen LogP contribution in [0.25, 0.3) is 0 Å². The molecule has 1 fully saturated rings. The van der Waals surface area contributed by atoms with Gasteiger partial charge in [-0.2, -0.15) is 13.2 Å². The normalized spacial score (nSPS) is 16.6. The van der Waals surface area contributed by atoms with Gasteiger partial charge in [0.2, 0.25) is 5.91 Å². The standard InChI is InChI=1S/C19H20F3N3O/c20-19(21,22)17-4-2-1-3-16(17)14-24-10-7-18(26)25(12-11-24)13-15-5-8-23-9-6-15/h1-6,8-9H,7,10-14H2. The highest BCUT2D eigenvalue weighted by Gasteiger charge is 2.33. The number of carbonyl (C=O) groups is 1. The van der Waals surface area contributed by atoms with E-state index >= 15 is 0 Å². The zero-order valence-electron chi connectivity index (χ0n) is 14.2. The SMILES string of the molecule is O=C1CCN(Cc2ccccc2C(F)(F)F)CCN1Cc1ccncc1. The van der Waals surface area contributed by atoms with Crippen molar-refractivity contribution in [1.29, 1.82) is 0 Å². The molecule has 0 radical (unpaired) electrons. The zero-order chi connectivity index (χ0) is 18.6. The fourth-order valence-electron chi connectivity index (χ4n) is 3.12. The quantitative estimate of drug-likeness (QED) is 0.836. The Morgan fingerprint density at radius 3 is 2.42 bits per heavy atom. The van der Waals surface area contributed by atoms with Crippen molar-refractivity contribution >= 4 is 5.91 Å². The van der Waals surface area contributed by atoms with Crippen LogP contribution in [-0.4, -0.2) is 40.3 Å². The number of halogens is 3. The molecule has 0 saturated carbocycles. The van der Waals surface area contributed by atoms with E-state index in [2.05, 4.69) is 4.98 Å². The Morgan fingerprint density at radius 1 is 0.962 bits per heavy atom. The number of alkyl halides is 3. The molecule has 0 spiro atoms. The molecule has 2 heterocycles. The molecule has 1 saturated heterocycles. The lowest BCUT2D eigenvalue weighted by atomic mass is 10.1. The molecular formula is C19H20F3N3O. The highest BCUT2D eigenvalue weighted by atomic mass is 19.4. The monoisotopic (exact) mass is 363 g/mol. The number of aromatic nitrogens is 1. The van der Waals surface area contributed by atoms with Gasteiger partial charge in [-0.1, -0.05) is 18.2 Å². The first-order valence-corrected chi connectivity index (χ1v) is 8.47. The van der Waals surface area contributed by atoms with Crippen LogP contribution in [0.15, 0.2) is 48.8 Å². The summed E-state index contributed by atoms with van der Waals surface area (Å²) >= 11 is 0. The average molecular weight is 363 g/mol. The second-order valence-corrected chi connectivity index (χ2v) is 6.35. The number of benzene rings is 1. The van der Waals surface area contributed by atoms with Crippen molar-refractivity contribution in [3.05, 3.63) is 65.5 Å². The van der Waals surface area contributed by atoms with Crippen molar-refractivity contribution in [3.63, 3.8) is 0 Å². The van der Waals surface area contributed by atoms with Gasteiger partial charge in [-0.15, -0.1) is 0 Å². The molecule has 1 aromatic heterocycles. The molecule has 1 aliphatic rings. The van der Waals surface area contributed by atoms with E-state index in [0.717, 1.165) is 11.6 Å². The lowest BCUT2D eigenvalue weighted by Crippen LogP contribution is -2.33. The third kappa shape index (κ3) is 4.60. The minimum absolute atomic E-state index is 0.0217. The van der Waals surface area contributed by atoms with E-state index in [1.807, 2.05) is 17.0 Å². The van der Waals surface area contributed by atoms with Gasteiger partial charge in [0.05, 0.1) is 5.56 Å². The van der Waals surface area contributed by atoms with Crippen molar-refractivity contribution in [2.24, 2.45) is 0 Å². The van der Waals surface area contributed by atoms with Crippen LogP contribution in [0, 0.1) is 0 Å². The molecule has 26 heavy (non-hydrogen) atoms. The first-order valence-electron chi connectivity index (χ1n) is 8.47. The fourth-order valence-corrected chi connectivity index (χ4v) is 3.12. The number of amides is 1. The van der Waals surface area contributed by atoms with Crippen LogP contribution in [0.3, 0.4) is 0 Å². The van der Waals surface area contributed by atoms with Gasteiger partial charge in [0.25, 0.3) is 0 Å². The summed E-state index contributed by atoms with van der Waals surface area (Å²) in [6.45, 7) is 2.18. The van der Waals surface area contributed by atoms with Crippen molar-refractivity contribution in [1.82, 2.24) is 14.8 Å². The lowest BCUT2D eigenvalue weighted by Gasteiger charge is -2.23. The predicted octanol–water partition coefficient (Wildman–Crippen LogP) is 3.33. The maximum Gasteiger partial charge on any atom is 0.416 e. The van der Waals surface area contributed by atoms with E-state index < -0.39 is 11.7 Å². The van der Waals surface area contributed by atoms with Crippen LogP contribution in [0.5, 0.6) is 0 Å². The Labute approximate surface area is 150 Å². The first kappa shape index (κ1) is 18.4. The van der Waals surface area contributed by atoms with Crippen LogP contribution in [0.1, 0.15) is 23.1 Å². The van der Waals surface area contributed by atoms with E-state index in [1.54, 1.807) is 23.4 Å². The summed E-state index contributed by atoms with van der Waals surface area (Å²) in [5, 5.41) is 0. The molecule has 7 heteroatoms. The second-order valence-electron chi connectivity index (χ2n) is 6.35. The number of rotatable bonds is 4. The Bertz CT molecular complexity index is 749. The molecule has 138 valence electrons. The predicted molar refractivity (Wildman–Crippen MR) is 91.0 cm³/mol. The fraction of sp³-hybridized carbons (Fsp3) is 0.368. The number of hydrogen-bond acceptors (Lipinski definition) is 3. The summed E-state index contributed by atoms with van der Waals surface area (Å²) in [6.07, 6.45) is -0.707. The van der Waals surface area contributed by atoms with E-state index in [1.165, 1.54) is 12.1 Å². The van der Waals surface area contributed by atoms with Crippen LogP contribution < -0.4 is 0 Å². The van der Waals surface area contributed by atoms with E-state index in [4.69, 9.17) is 0 Å². The molecule has 2 aromatic rings. The van der Waals surface area contributed by atoms with Gasteiger partial charge in [-0.3, -0.25) is 14.7 Å². The summed E-state index contributed by atoms with van der Waals surface area (Å²) in [5.74, 6) is 0.0217. The Morgan fingerprint density at radius 2 is 1.69 bits per heavy atom. The highest BCUT2D eigenvalue weighted by molar-refractivity contribution is 5.76. The second kappa shape index (κ2) is 7.86. The number of carbonyl (C=O) groups excluding carboxylic acids is 1. The minimum Gasteiger partial charge on any atom is -0.337 e.